The first kappa shape index (κ1) is 22.1. The van der Waals surface area contributed by atoms with Crippen LogP contribution in [0.2, 0.25) is 5.02 Å². The fraction of sp³-hybridized carbons (Fsp3) is 0.167. The molecule has 0 amide bonds. The van der Waals surface area contributed by atoms with Crippen molar-refractivity contribution in [3.05, 3.63) is 80.3 Å². The number of thiazole rings is 1. The lowest BCUT2D eigenvalue weighted by atomic mass is 10.2. The van der Waals surface area contributed by atoms with Crippen LogP contribution in [0.25, 0.3) is 28.1 Å². The molecule has 1 N–H and O–H groups in total. The van der Waals surface area contributed by atoms with Gasteiger partial charge in [-0.3, -0.25) is 13.8 Å². The average molecular weight is 494 g/mol. The molecule has 34 heavy (non-hydrogen) atoms. The summed E-state index contributed by atoms with van der Waals surface area (Å²) < 4.78 is 9.43. The van der Waals surface area contributed by atoms with Gasteiger partial charge in [-0.1, -0.05) is 29.9 Å². The van der Waals surface area contributed by atoms with Crippen LogP contribution in [0.1, 0.15) is 24.6 Å². The molecule has 0 fully saturated rings. The standard InChI is InChI=1S/C24H20ClN5O3S/c1-3-6-33-19-8-15(7-17(25)22(19)31)9-20-23(32)30-12-18(28-24(30)34-20)16-4-5-21(26-10-16)29-11-14(2)27-13-29/h4-5,7-13,31H,3,6H2,1-2H3. The van der Waals surface area contributed by atoms with Gasteiger partial charge in [0.2, 0.25) is 0 Å². The maximum Gasteiger partial charge on any atom is 0.274 e. The molecule has 0 saturated carbocycles. The molecule has 8 nitrogen and oxygen atoms in total. The number of benzene rings is 1. The second-order valence-electron chi connectivity index (χ2n) is 7.72. The van der Waals surface area contributed by atoms with Crippen molar-refractivity contribution >= 4 is 34.0 Å². The Morgan fingerprint density at radius 1 is 1.24 bits per heavy atom. The van der Waals surface area contributed by atoms with Crippen molar-refractivity contribution in [3.8, 4) is 28.6 Å². The number of ether oxygens (including phenoxy) is 1. The maximum atomic E-state index is 13.0. The van der Waals surface area contributed by atoms with E-state index in [1.807, 2.05) is 36.7 Å². The zero-order valence-electron chi connectivity index (χ0n) is 18.4. The van der Waals surface area contributed by atoms with E-state index < -0.39 is 0 Å². The van der Waals surface area contributed by atoms with E-state index in [-0.39, 0.29) is 16.3 Å². The first-order chi connectivity index (χ1) is 16.4. The first-order valence-corrected chi connectivity index (χ1v) is 11.8. The number of hydrogen-bond acceptors (Lipinski definition) is 7. The van der Waals surface area contributed by atoms with Crippen LogP contribution in [0.15, 0.2) is 54.0 Å². The van der Waals surface area contributed by atoms with E-state index in [1.165, 1.54) is 15.7 Å². The van der Waals surface area contributed by atoms with E-state index in [0.717, 1.165) is 23.5 Å². The zero-order valence-corrected chi connectivity index (χ0v) is 20.0. The molecule has 0 atom stereocenters. The molecule has 5 aromatic rings. The molecule has 4 aromatic heterocycles. The lowest BCUT2D eigenvalue weighted by Gasteiger charge is -2.09. The topological polar surface area (TPSA) is 94.5 Å². The lowest BCUT2D eigenvalue weighted by molar-refractivity contribution is 0.299. The van der Waals surface area contributed by atoms with E-state index in [0.29, 0.717) is 33.1 Å². The maximum absolute atomic E-state index is 13.0. The van der Waals surface area contributed by atoms with Gasteiger partial charge in [0.25, 0.3) is 5.56 Å². The van der Waals surface area contributed by atoms with Crippen molar-refractivity contribution in [2.45, 2.75) is 20.3 Å². The monoisotopic (exact) mass is 493 g/mol. The van der Waals surface area contributed by atoms with Gasteiger partial charge >= 0.3 is 0 Å². The number of hydrogen-bond donors (Lipinski definition) is 1. The summed E-state index contributed by atoms with van der Waals surface area (Å²) >= 11 is 7.42. The summed E-state index contributed by atoms with van der Waals surface area (Å²) in [5.41, 5.74) is 2.86. The van der Waals surface area contributed by atoms with Crippen molar-refractivity contribution < 1.29 is 9.84 Å². The predicted molar refractivity (Wildman–Crippen MR) is 132 cm³/mol. The molecule has 1 aromatic carbocycles. The number of nitrogens with zero attached hydrogens (tertiary/aromatic N) is 5. The Balaban J connectivity index is 1.47. The molecule has 4 heterocycles. The highest BCUT2D eigenvalue weighted by Gasteiger charge is 2.13. The Labute approximate surface area is 203 Å². The summed E-state index contributed by atoms with van der Waals surface area (Å²) in [6, 6.07) is 7.06. The van der Waals surface area contributed by atoms with Crippen molar-refractivity contribution in [1.29, 1.82) is 0 Å². The van der Waals surface area contributed by atoms with E-state index in [1.54, 1.807) is 36.9 Å². The van der Waals surface area contributed by atoms with Gasteiger partial charge in [0.15, 0.2) is 16.5 Å². The molecule has 0 bridgehead atoms. The Morgan fingerprint density at radius 3 is 2.76 bits per heavy atom. The molecule has 0 saturated heterocycles. The van der Waals surface area contributed by atoms with Crippen LogP contribution in [-0.2, 0) is 0 Å². The first-order valence-electron chi connectivity index (χ1n) is 10.6. The number of fused-ring (bicyclic) bond motifs is 1. The lowest BCUT2D eigenvalue weighted by Crippen LogP contribution is -2.22. The molecule has 172 valence electrons. The number of rotatable bonds is 6. The second-order valence-corrected chi connectivity index (χ2v) is 9.14. The Bertz CT molecular complexity index is 1600. The smallest absolute Gasteiger partial charge is 0.274 e. The van der Waals surface area contributed by atoms with Crippen LogP contribution < -0.4 is 14.8 Å². The summed E-state index contributed by atoms with van der Waals surface area (Å²) in [5.74, 6) is 0.933. The van der Waals surface area contributed by atoms with Gasteiger partial charge in [-0.25, -0.2) is 15.0 Å². The Kier molecular flexibility index (Phi) is 5.80. The molecule has 0 unspecified atom stereocenters. The molecule has 0 radical (unpaired) electrons. The van der Waals surface area contributed by atoms with Gasteiger partial charge in [0.05, 0.1) is 27.5 Å². The van der Waals surface area contributed by atoms with Gasteiger partial charge in [-0.05, 0) is 49.2 Å². The molecule has 0 aliphatic heterocycles. The van der Waals surface area contributed by atoms with Crippen molar-refractivity contribution in [1.82, 2.24) is 23.9 Å². The number of aryl methyl sites for hydroxylation is 1. The summed E-state index contributed by atoms with van der Waals surface area (Å²) in [6.45, 7) is 4.34. The largest absolute Gasteiger partial charge is 0.503 e. The van der Waals surface area contributed by atoms with Crippen LogP contribution in [-0.4, -0.2) is 35.6 Å². The molecule has 0 aliphatic carbocycles. The van der Waals surface area contributed by atoms with Crippen LogP contribution in [0.4, 0.5) is 0 Å². The van der Waals surface area contributed by atoms with Crippen LogP contribution in [0, 0.1) is 6.92 Å². The number of halogens is 1. The third-order valence-electron chi connectivity index (χ3n) is 5.13. The predicted octanol–water partition coefficient (Wildman–Crippen LogP) is 4.01. The fourth-order valence-corrected chi connectivity index (χ4v) is 4.63. The number of pyridine rings is 1. The quantitative estimate of drug-likeness (QED) is 0.384. The van der Waals surface area contributed by atoms with Crippen LogP contribution >= 0.6 is 22.9 Å². The summed E-state index contributed by atoms with van der Waals surface area (Å²) in [4.78, 5) is 26.9. The van der Waals surface area contributed by atoms with Gasteiger partial charge in [0.1, 0.15) is 12.1 Å². The third kappa shape index (κ3) is 4.15. The second kappa shape index (κ2) is 8.92. The molecule has 10 heteroatoms. The molecular formula is C24H20ClN5O3S. The highest BCUT2D eigenvalue weighted by atomic mass is 35.5. The molecule has 5 rings (SSSR count). The average Bonchev–Trinajstić information content (AvgIpc) is 3.52. The minimum absolute atomic E-state index is 0.108. The molecule has 0 spiro atoms. The van der Waals surface area contributed by atoms with E-state index in [4.69, 9.17) is 16.3 Å². The number of aromatic hydroxyl groups is 1. The van der Waals surface area contributed by atoms with Gasteiger partial charge < -0.3 is 9.84 Å². The number of phenolic OH excluding ortho intramolecular Hbond substituents is 1. The summed E-state index contributed by atoms with van der Waals surface area (Å²) in [6.07, 6.45) is 9.56. The minimum atomic E-state index is -0.183. The van der Waals surface area contributed by atoms with Gasteiger partial charge in [-0.2, -0.15) is 0 Å². The number of imidazole rings is 2. The molecular weight excluding hydrogens is 474 g/mol. The zero-order chi connectivity index (χ0) is 23.8. The van der Waals surface area contributed by atoms with Gasteiger partial charge in [0, 0.05) is 24.2 Å². The van der Waals surface area contributed by atoms with Crippen molar-refractivity contribution in [3.63, 3.8) is 0 Å². The normalized spacial score (nSPS) is 12.0. The fourth-order valence-electron chi connectivity index (χ4n) is 3.46. The Morgan fingerprint density at radius 2 is 2.09 bits per heavy atom. The Hall–Kier alpha value is -3.69. The van der Waals surface area contributed by atoms with Crippen molar-refractivity contribution in [2.75, 3.05) is 6.61 Å². The van der Waals surface area contributed by atoms with Crippen molar-refractivity contribution in [2.24, 2.45) is 0 Å². The van der Waals surface area contributed by atoms with Gasteiger partial charge in [-0.15, -0.1) is 0 Å². The summed E-state index contributed by atoms with van der Waals surface area (Å²) in [5, 5.41) is 10.3. The van der Waals surface area contributed by atoms with E-state index >= 15 is 0 Å². The molecule has 0 aliphatic rings. The number of aromatic nitrogens is 5. The van der Waals surface area contributed by atoms with Crippen LogP contribution in [0.3, 0.4) is 0 Å². The number of phenols is 1. The minimum Gasteiger partial charge on any atom is -0.503 e. The highest BCUT2D eigenvalue weighted by molar-refractivity contribution is 7.15. The third-order valence-corrected chi connectivity index (χ3v) is 6.41. The summed E-state index contributed by atoms with van der Waals surface area (Å²) in [7, 11) is 0. The van der Waals surface area contributed by atoms with E-state index in [2.05, 4.69) is 15.0 Å². The van der Waals surface area contributed by atoms with Crippen LogP contribution in [0.5, 0.6) is 11.5 Å². The highest BCUT2D eigenvalue weighted by Crippen LogP contribution is 2.35. The SMILES string of the molecule is CCCOc1cc(C=c2sc3nc(-c4ccc(-n5cnc(C)c5)nc4)cn3c2=O)cc(Cl)c1O. The van der Waals surface area contributed by atoms with E-state index in [9.17, 15) is 9.90 Å².